The normalized spacial score (nSPS) is 18.9. The molecule has 0 bridgehead atoms. The Balaban J connectivity index is 2.05. The van der Waals surface area contributed by atoms with Gasteiger partial charge in [-0.2, -0.15) is 0 Å². The highest BCUT2D eigenvalue weighted by molar-refractivity contribution is 5.36. The lowest BCUT2D eigenvalue weighted by atomic mass is 10.1. The molecule has 5 nitrogen and oxygen atoms in total. The predicted octanol–water partition coefficient (Wildman–Crippen LogP) is 1.92. The Labute approximate surface area is 111 Å². The van der Waals surface area contributed by atoms with Crippen molar-refractivity contribution in [1.29, 1.82) is 0 Å². The van der Waals surface area contributed by atoms with E-state index in [0.29, 0.717) is 5.69 Å². The number of benzene rings is 1. The Morgan fingerprint density at radius 2 is 2.16 bits per heavy atom. The monoisotopic (exact) mass is 259 g/mol. The van der Waals surface area contributed by atoms with Crippen LogP contribution in [-0.2, 0) is 11.3 Å². The van der Waals surface area contributed by atoms with E-state index in [1.54, 1.807) is 4.68 Å². The minimum absolute atomic E-state index is 0.0153. The summed E-state index contributed by atoms with van der Waals surface area (Å²) in [6.45, 7) is 2.70. The van der Waals surface area contributed by atoms with E-state index in [4.69, 9.17) is 4.74 Å². The molecule has 0 radical (unpaired) electrons. The van der Waals surface area contributed by atoms with Crippen LogP contribution in [0.1, 0.15) is 35.9 Å². The van der Waals surface area contributed by atoms with E-state index in [9.17, 15) is 5.11 Å². The first-order chi connectivity index (χ1) is 9.29. The summed E-state index contributed by atoms with van der Waals surface area (Å²) in [7, 11) is 0. The molecular formula is C14H17N3O2. The van der Waals surface area contributed by atoms with Crippen molar-refractivity contribution in [1.82, 2.24) is 15.0 Å². The van der Waals surface area contributed by atoms with Crippen molar-refractivity contribution in [2.75, 3.05) is 6.61 Å². The van der Waals surface area contributed by atoms with E-state index >= 15 is 0 Å². The number of hydrogen-bond donors (Lipinski definition) is 1. The van der Waals surface area contributed by atoms with E-state index in [-0.39, 0.29) is 12.7 Å². The number of aliphatic hydroxyl groups excluding tert-OH is 1. The Morgan fingerprint density at radius 3 is 2.79 bits per heavy atom. The smallest absolute Gasteiger partial charge is 0.114 e. The van der Waals surface area contributed by atoms with Crippen LogP contribution in [0.3, 0.4) is 0 Å². The van der Waals surface area contributed by atoms with Crippen LogP contribution in [0.15, 0.2) is 24.3 Å². The number of ether oxygens (including phenoxy) is 1. The third kappa shape index (κ3) is 2.27. The van der Waals surface area contributed by atoms with E-state index < -0.39 is 0 Å². The third-order valence-electron chi connectivity index (χ3n) is 3.44. The average Bonchev–Trinajstić information content (AvgIpc) is 3.07. The molecule has 1 fully saturated rings. The molecule has 2 aromatic rings. The molecule has 1 atom stereocenters. The largest absolute Gasteiger partial charge is 0.390 e. The lowest BCUT2D eigenvalue weighted by Gasteiger charge is -2.13. The van der Waals surface area contributed by atoms with Gasteiger partial charge < -0.3 is 9.84 Å². The standard InChI is InChI=1S/C14H17N3O2/c1-10-4-6-11(7-5-10)17-14(12(9-18)15-16-17)13-3-2-8-19-13/h4-7,13,18H,2-3,8-9H2,1H3. The summed E-state index contributed by atoms with van der Waals surface area (Å²) in [6, 6.07) is 8.08. The number of nitrogens with zero attached hydrogens (tertiary/aromatic N) is 3. The quantitative estimate of drug-likeness (QED) is 0.914. The minimum atomic E-state index is -0.110. The van der Waals surface area contributed by atoms with E-state index in [1.165, 1.54) is 5.56 Å². The number of rotatable bonds is 3. The second-order valence-corrected chi connectivity index (χ2v) is 4.83. The molecule has 1 N–H and O–H groups in total. The van der Waals surface area contributed by atoms with Gasteiger partial charge in [0.2, 0.25) is 0 Å². The topological polar surface area (TPSA) is 60.2 Å². The second-order valence-electron chi connectivity index (χ2n) is 4.83. The number of aliphatic hydroxyl groups is 1. The fraction of sp³-hybridized carbons (Fsp3) is 0.429. The van der Waals surface area contributed by atoms with Gasteiger partial charge in [-0.25, -0.2) is 4.68 Å². The molecule has 1 aromatic heterocycles. The molecule has 2 heterocycles. The predicted molar refractivity (Wildman–Crippen MR) is 69.9 cm³/mol. The lowest BCUT2D eigenvalue weighted by Crippen LogP contribution is -2.09. The van der Waals surface area contributed by atoms with Crippen LogP contribution >= 0.6 is 0 Å². The van der Waals surface area contributed by atoms with E-state index in [0.717, 1.165) is 30.8 Å². The summed E-state index contributed by atoms with van der Waals surface area (Å²) in [5, 5.41) is 17.6. The zero-order chi connectivity index (χ0) is 13.2. The molecule has 100 valence electrons. The molecule has 5 heteroatoms. The molecule has 1 saturated heterocycles. The van der Waals surface area contributed by atoms with Crippen LogP contribution in [0.25, 0.3) is 5.69 Å². The Morgan fingerprint density at radius 1 is 1.37 bits per heavy atom. The Hall–Kier alpha value is -1.72. The van der Waals surface area contributed by atoms with Gasteiger partial charge in [0.05, 0.1) is 18.0 Å². The van der Waals surface area contributed by atoms with Crippen LogP contribution in [0.4, 0.5) is 0 Å². The number of aromatic nitrogens is 3. The van der Waals surface area contributed by atoms with Crippen molar-refractivity contribution in [2.45, 2.75) is 32.5 Å². The zero-order valence-corrected chi connectivity index (χ0v) is 10.9. The molecule has 3 rings (SSSR count). The van der Waals surface area contributed by atoms with Gasteiger partial charge >= 0.3 is 0 Å². The van der Waals surface area contributed by atoms with Gasteiger partial charge in [-0.1, -0.05) is 22.9 Å². The van der Waals surface area contributed by atoms with Crippen molar-refractivity contribution in [2.24, 2.45) is 0 Å². The first-order valence-electron chi connectivity index (χ1n) is 6.53. The van der Waals surface area contributed by atoms with Crippen LogP contribution in [0, 0.1) is 6.92 Å². The van der Waals surface area contributed by atoms with Crippen LogP contribution in [0.5, 0.6) is 0 Å². The minimum Gasteiger partial charge on any atom is -0.390 e. The van der Waals surface area contributed by atoms with Gasteiger partial charge in [0.15, 0.2) is 0 Å². The molecule has 0 spiro atoms. The average molecular weight is 259 g/mol. The Bertz CT molecular complexity index is 557. The number of aryl methyl sites for hydroxylation is 1. The molecule has 0 saturated carbocycles. The maximum Gasteiger partial charge on any atom is 0.114 e. The van der Waals surface area contributed by atoms with Gasteiger partial charge in [-0.05, 0) is 31.9 Å². The van der Waals surface area contributed by atoms with Crippen molar-refractivity contribution >= 4 is 0 Å². The SMILES string of the molecule is Cc1ccc(-n2nnc(CO)c2C2CCCO2)cc1. The van der Waals surface area contributed by atoms with E-state index in [1.807, 2.05) is 31.2 Å². The molecule has 0 aliphatic carbocycles. The highest BCUT2D eigenvalue weighted by atomic mass is 16.5. The summed E-state index contributed by atoms with van der Waals surface area (Å²) in [5.74, 6) is 0. The molecule has 0 amide bonds. The summed E-state index contributed by atoms with van der Waals surface area (Å²) in [4.78, 5) is 0. The van der Waals surface area contributed by atoms with Gasteiger partial charge in [-0.15, -0.1) is 5.10 Å². The van der Waals surface area contributed by atoms with Gasteiger partial charge in [-0.3, -0.25) is 0 Å². The Kier molecular flexibility index (Phi) is 3.31. The fourth-order valence-electron chi connectivity index (χ4n) is 2.43. The van der Waals surface area contributed by atoms with Gasteiger partial charge in [0.25, 0.3) is 0 Å². The molecule has 1 aliphatic rings. The second kappa shape index (κ2) is 5.11. The molecular weight excluding hydrogens is 242 g/mol. The summed E-state index contributed by atoms with van der Waals surface area (Å²) in [5.41, 5.74) is 3.63. The zero-order valence-electron chi connectivity index (χ0n) is 10.9. The fourth-order valence-corrected chi connectivity index (χ4v) is 2.43. The lowest BCUT2D eigenvalue weighted by molar-refractivity contribution is 0.104. The summed E-state index contributed by atoms with van der Waals surface area (Å²) < 4.78 is 7.49. The maximum atomic E-state index is 9.41. The van der Waals surface area contributed by atoms with Crippen molar-refractivity contribution in [3.05, 3.63) is 41.2 Å². The van der Waals surface area contributed by atoms with Gasteiger partial charge in [0, 0.05) is 6.61 Å². The first kappa shape index (κ1) is 12.3. The first-order valence-corrected chi connectivity index (χ1v) is 6.53. The van der Waals surface area contributed by atoms with E-state index in [2.05, 4.69) is 10.3 Å². The van der Waals surface area contributed by atoms with Crippen LogP contribution in [0.2, 0.25) is 0 Å². The third-order valence-corrected chi connectivity index (χ3v) is 3.44. The van der Waals surface area contributed by atoms with Crippen molar-refractivity contribution in [3.63, 3.8) is 0 Å². The highest BCUT2D eigenvalue weighted by Crippen LogP contribution is 2.31. The van der Waals surface area contributed by atoms with Gasteiger partial charge in [0.1, 0.15) is 11.8 Å². The van der Waals surface area contributed by atoms with Crippen LogP contribution in [-0.4, -0.2) is 26.7 Å². The number of hydrogen-bond acceptors (Lipinski definition) is 4. The van der Waals surface area contributed by atoms with Crippen molar-refractivity contribution < 1.29 is 9.84 Å². The summed E-state index contributed by atoms with van der Waals surface area (Å²) >= 11 is 0. The van der Waals surface area contributed by atoms with Crippen molar-refractivity contribution in [3.8, 4) is 5.69 Å². The molecule has 1 aliphatic heterocycles. The molecule has 1 unspecified atom stereocenters. The van der Waals surface area contributed by atoms with Crippen LogP contribution < -0.4 is 0 Å². The molecule has 1 aromatic carbocycles. The highest BCUT2D eigenvalue weighted by Gasteiger charge is 2.26. The molecule has 19 heavy (non-hydrogen) atoms. The maximum absolute atomic E-state index is 9.41. The summed E-state index contributed by atoms with van der Waals surface area (Å²) in [6.07, 6.45) is 1.97.